The van der Waals surface area contributed by atoms with E-state index in [0.717, 1.165) is 11.3 Å². The quantitative estimate of drug-likeness (QED) is 0.521. The SMILES string of the molecule is CCN(Cc1cccc(F)c1)C(=O)CSc1nnnn1-c1ccc(C(C)C)cc1. The Bertz CT molecular complexity index is 958. The summed E-state index contributed by atoms with van der Waals surface area (Å²) in [6, 6.07) is 14.4. The van der Waals surface area contributed by atoms with Crippen LogP contribution in [0.1, 0.15) is 37.8 Å². The lowest BCUT2D eigenvalue weighted by atomic mass is 10.0. The fourth-order valence-corrected chi connectivity index (χ4v) is 3.67. The van der Waals surface area contributed by atoms with Crippen LogP contribution in [0.15, 0.2) is 53.7 Å². The summed E-state index contributed by atoms with van der Waals surface area (Å²) in [6.45, 7) is 7.10. The molecule has 1 aromatic heterocycles. The molecule has 0 N–H and O–H groups in total. The molecular formula is C21H24FN5OS. The van der Waals surface area contributed by atoms with Crippen LogP contribution in [0.2, 0.25) is 0 Å². The topological polar surface area (TPSA) is 63.9 Å². The van der Waals surface area contributed by atoms with Crippen LogP contribution in [0.5, 0.6) is 0 Å². The largest absolute Gasteiger partial charge is 0.338 e. The van der Waals surface area contributed by atoms with E-state index in [0.29, 0.717) is 24.2 Å². The van der Waals surface area contributed by atoms with E-state index in [9.17, 15) is 9.18 Å². The van der Waals surface area contributed by atoms with Gasteiger partial charge < -0.3 is 4.90 Å². The summed E-state index contributed by atoms with van der Waals surface area (Å²) >= 11 is 1.29. The van der Waals surface area contributed by atoms with Gasteiger partial charge in [0.2, 0.25) is 11.1 Å². The molecule has 0 spiro atoms. The fraction of sp³-hybridized carbons (Fsp3) is 0.333. The van der Waals surface area contributed by atoms with Crippen LogP contribution in [0.25, 0.3) is 5.69 Å². The number of carbonyl (C=O) groups excluding carboxylic acids is 1. The zero-order valence-electron chi connectivity index (χ0n) is 16.7. The van der Waals surface area contributed by atoms with Crippen molar-refractivity contribution in [3.8, 4) is 5.69 Å². The molecule has 0 saturated heterocycles. The second-order valence-electron chi connectivity index (χ2n) is 6.95. The van der Waals surface area contributed by atoms with Crippen LogP contribution in [0.4, 0.5) is 4.39 Å². The van der Waals surface area contributed by atoms with Crippen LogP contribution in [0.3, 0.4) is 0 Å². The number of halogens is 1. The van der Waals surface area contributed by atoms with E-state index in [2.05, 4.69) is 41.5 Å². The lowest BCUT2D eigenvalue weighted by molar-refractivity contribution is -0.128. The number of hydrogen-bond donors (Lipinski definition) is 0. The summed E-state index contributed by atoms with van der Waals surface area (Å²) < 4.78 is 15.0. The van der Waals surface area contributed by atoms with Crippen LogP contribution >= 0.6 is 11.8 Å². The Morgan fingerprint density at radius 2 is 1.97 bits per heavy atom. The molecule has 0 aliphatic rings. The second kappa shape index (κ2) is 9.65. The third-order valence-corrected chi connectivity index (χ3v) is 5.47. The van der Waals surface area contributed by atoms with Gasteiger partial charge in [0.05, 0.1) is 11.4 Å². The third kappa shape index (κ3) is 5.41. The first-order valence-corrected chi connectivity index (χ1v) is 10.5. The predicted octanol–water partition coefficient (Wildman–Crippen LogP) is 4.07. The molecule has 0 saturated carbocycles. The van der Waals surface area contributed by atoms with Crippen LogP contribution in [0, 0.1) is 5.82 Å². The van der Waals surface area contributed by atoms with Crippen molar-refractivity contribution in [1.29, 1.82) is 0 Å². The maximum absolute atomic E-state index is 13.4. The highest BCUT2D eigenvalue weighted by Crippen LogP contribution is 2.21. The zero-order valence-corrected chi connectivity index (χ0v) is 17.6. The Kier molecular flexibility index (Phi) is 6.98. The molecule has 3 aromatic rings. The van der Waals surface area contributed by atoms with Gasteiger partial charge in [-0.3, -0.25) is 4.79 Å². The molecule has 152 valence electrons. The number of aromatic nitrogens is 4. The van der Waals surface area contributed by atoms with Gasteiger partial charge in [0, 0.05) is 13.1 Å². The van der Waals surface area contributed by atoms with Crippen molar-refractivity contribution in [3.05, 3.63) is 65.5 Å². The molecule has 0 unspecified atom stereocenters. The van der Waals surface area contributed by atoms with Gasteiger partial charge in [0.15, 0.2) is 0 Å². The van der Waals surface area contributed by atoms with Crippen molar-refractivity contribution in [3.63, 3.8) is 0 Å². The van der Waals surface area contributed by atoms with E-state index >= 15 is 0 Å². The number of rotatable bonds is 8. The van der Waals surface area contributed by atoms with Crippen molar-refractivity contribution >= 4 is 17.7 Å². The smallest absolute Gasteiger partial charge is 0.233 e. The summed E-state index contributed by atoms with van der Waals surface area (Å²) in [5.41, 5.74) is 2.85. The van der Waals surface area contributed by atoms with Gasteiger partial charge in [-0.15, -0.1) is 5.10 Å². The van der Waals surface area contributed by atoms with Crippen LogP contribution < -0.4 is 0 Å². The molecule has 29 heavy (non-hydrogen) atoms. The predicted molar refractivity (Wildman–Crippen MR) is 111 cm³/mol. The molecular weight excluding hydrogens is 389 g/mol. The molecule has 2 aromatic carbocycles. The van der Waals surface area contributed by atoms with Crippen molar-refractivity contribution in [2.45, 2.75) is 38.4 Å². The Hall–Kier alpha value is -2.74. The number of hydrogen-bond acceptors (Lipinski definition) is 5. The molecule has 6 nitrogen and oxygen atoms in total. The van der Waals surface area contributed by atoms with Gasteiger partial charge in [-0.25, -0.2) is 4.39 Å². The monoisotopic (exact) mass is 413 g/mol. The minimum atomic E-state index is -0.303. The molecule has 0 atom stereocenters. The van der Waals surface area contributed by atoms with Crippen molar-refractivity contribution in [1.82, 2.24) is 25.1 Å². The summed E-state index contributed by atoms with van der Waals surface area (Å²) in [4.78, 5) is 14.3. The highest BCUT2D eigenvalue weighted by atomic mass is 32.2. The lowest BCUT2D eigenvalue weighted by Gasteiger charge is -2.20. The van der Waals surface area contributed by atoms with Crippen molar-refractivity contribution < 1.29 is 9.18 Å². The van der Waals surface area contributed by atoms with Gasteiger partial charge in [-0.1, -0.05) is 49.9 Å². The van der Waals surface area contributed by atoms with Gasteiger partial charge in [0.1, 0.15) is 5.82 Å². The van der Waals surface area contributed by atoms with Gasteiger partial charge in [0.25, 0.3) is 0 Å². The highest BCUT2D eigenvalue weighted by Gasteiger charge is 2.16. The Morgan fingerprint density at radius 1 is 1.21 bits per heavy atom. The normalized spacial score (nSPS) is 11.1. The van der Waals surface area contributed by atoms with Crippen molar-refractivity contribution in [2.75, 3.05) is 12.3 Å². The van der Waals surface area contributed by atoms with Gasteiger partial charge >= 0.3 is 0 Å². The third-order valence-electron chi connectivity index (χ3n) is 4.57. The first kappa shape index (κ1) is 21.0. The Labute approximate surface area is 174 Å². The number of nitrogens with zero attached hydrogens (tertiary/aromatic N) is 5. The minimum absolute atomic E-state index is 0.0496. The Morgan fingerprint density at radius 3 is 2.62 bits per heavy atom. The lowest BCUT2D eigenvalue weighted by Crippen LogP contribution is -2.31. The van der Waals surface area contributed by atoms with Gasteiger partial charge in [-0.2, -0.15) is 4.68 Å². The molecule has 1 amide bonds. The fourth-order valence-electron chi connectivity index (χ4n) is 2.88. The van der Waals surface area contributed by atoms with E-state index < -0.39 is 0 Å². The number of benzene rings is 2. The standard InChI is InChI=1S/C21H24FN5OS/c1-4-26(13-16-6-5-7-18(22)12-16)20(28)14-29-21-23-24-25-27(21)19-10-8-17(9-11-19)15(2)3/h5-12,15H,4,13-14H2,1-3H3. The van der Waals surface area contributed by atoms with Crippen LogP contribution in [-0.4, -0.2) is 43.3 Å². The number of carbonyl (C=O) groups is 1. The maximum Gasteiger partial charge on any atom is 0.233 e. The first-order valence-electron chi connectivity index (χ1n) is 9.51. The van der Waals surface area contributed by atoms with E-state index in [1.54, 1.807) is 15.6 Å². The first-order chi connectivity index (χ1) is 14.0. The molecule has 3 rings (SSSR count). The summed E-state index contributed by atoms with van der Waals surface area (Å²) in [7, 11) is 0. The molecule has 0 fully saturated rings. The maximum atomic E-state index is 13.4. The zero-order chi connectivity index (χ0) is 20.8. The summed E-state index contributed by atoms with van der Waals surface area (Å²) in [5.74, 6) is 0.296. The van der Waals surface area contributed by atoms with Crippen LogP contribution in [-0.2, 0) is 11.3 Å². The molecule has 8 heteroatoms. The van der Waals surface area contributed by atoms with E-state index in [-0.39, 0.29) is 17.5 Å². The minimum Gasteiger partial charge on any atom is -0.338 e. The highest BCUT2D eigenvalue weighted by molar-refractivity contribution is 7.99. The second-order valence-corrected chi connectivity index (χ2v) is 7.89. The number of thioether (sulfide) groups is 1. The molecule has 0 bridgehead atoms. The van der Waals surface area contributed by atoms with E-state index in [1.807, 2.05) is 25.1 Å². The van der Waals surface area contributed by atoms with E-state index in [1.165, 1.54) is 29.5 Å². The average molecular weight is 414 g/mol. The molecule has 0 radical (unpaired) electrons. The number of amides is 1. The number of tetrazole rings is 1. The molecule has 1 heterocycles. The average Bonchev–Trinajstić information content (AvgIpc) is 3.19. The van der Waals surface area contributed by atoms with Crippen molar-refractivity contribution in [2.24, 2.45) is 0 Å². The summed E-state index contributed by atoms with van der Waals surface area (Å²) in [6.07, 6.45) is 0. The van der Waals surface area contributed by atoms with Gasteiger partial charge in [-0.05, 0) is 58.7 Å². The Balaban J connectivity index is 1.65. The molecule has 0 aliphatic carbocycles. The van der Waals surface area contributed by atoms with E-state index in [4.69, 9.17) is 0 Å². The molecule has 0 aliphatic heterocycles. The summed E-state index contributed by atoms with van der Waals surface area (Å²) in [5, 5.41) is 12.4.